The van der Waals surface area contributed by atoms with Crippen LogP contribution < -0.4 is 5.32 Å². The molecule has 266 valence electrons. The van der Waals surface area contributed by atoms with Crippen LogP contribution in [0.15, 0.2) is 72.9 Å². The lowest BCUT2D eigenvalue weighted by Gasteiger charge is -2.18. The Kier molecular flexibility index (Phi) is 33.3. The molecule has 0 saturated heterocycles. The van der Waals surface area contributed by atoms with E-state index in [2.05, 4.69) is 92.1 Å². The summed E-state index contributed by atoms with van der Waals surface area (Å²) in [7, 11) is 0. The highest BCUT2D eigenvalue weighted by molar-refractivity contribution is 5.80. The fourth-order valence-electron chi connectivity index (χ4n) is 4.93. The molecule has 0 aliphatic rings. The van der Waals surface area contributed by atoms with Crippen LogP contribution in [-0.4, -0.2) is 35.6 Å². The van der Waals surface area contributed by atoms with E-state index in [1.807, 2.05) is 0 Å². The number of hydrogen-bond donors (Lipinski definition) is 2. The number of nitrogens with one attached hydrogen (secondary N) is 1. The molecule has 0 spiro atoms. The lowest BCUT2D eigenvalue weighted by Crippen LogP contribution is -2.28. The molecule has 0 bridgehead atoms. The Morgan fingerprint density at radius 1 is 0.574 bits per heavy atom. The van der Waals surface area contributed by atoms with Crippen LogP contribution in [0.25, 0.3) is 0 Å². The molecule has 0 rings (SSSR count). The molecule has 0 fully saturated rings. The van der Waals surface area contributed by atoms with Crippen molar-refractivity contribution in [2.75, 3.05) is 6.54 Å². The second kappa shape index (κ2) is 35.7. The Morgan fingerprint density at radius 3 is 1.57 bits per heavy atom. The number of ether oxygens (including phenoxy) is 1. The highest BCUT2D eigenvalue weighted by atomic mass is 16.5. The summed E-state index contributed by atoms with van der Waals surface area (Å²) in [5.41, 5.74) is 0. The molecular weight excluding hydrogens is 586 g/mol. The lowest BCUT2D eigenvalue weighted by atomic mass is 10.0. The van der Waals surface area contributed by atoms with Crippen molar-refractivity contribution in [2.45, 2.75) is 161 Å². The van der Waals surface area contributed by atoms with Gasteiger partial charge in [-0.25, -0.2) is 0 Å². The topological polar surface area (TPSA) is 92.7 Å². The minimum absolute atomic E-state index is 0.0479. The summed E-state index contributed by atoms with van der Waals surface area (Å²) in [5, 5.41) is 11.0. The number of rotatable bonds is 32. The number of unbranched alkanes of at least 4 members (excludes halogenated alkanes) is 9. The summed E-state index contributed by atoms with van der Waals surface area (Å²) >= 11 is 0. The van der Waals surface area contributed by atoms with Crippen molar-refractivity contribution in [3.8, 4) is 0 Å². The first kappa shape index (κ1) is 43.9. The van der Waals surface area contributed by atoms with Gasteiger partial charge in [-0.3, -0.25) is 14.4 Å². The van der Waals surface area contributed by atoms with Crippen molar-refractivity contribution in [3.63, 3.8) is 0 Å². The van der Waals surface area contributed by atoms with Gasteiger partial charge in [0.15, 0.2) is 0 Å². The zero-order chi connectivity index (χ0) is 34.5. The van der Waals surface area contributed by atoms with E-state index in [4.69, 9.17) is 9.84 Å². The lowest BCUT2D eigenvalue weighted by molar-refractivity contribution is -0.150. The Balaban J connectivity index is 3.93. The van der Waals surface area contributed by atoms with Crippen molar-refractivity contribution >= 4 is 17.8 Å². The number of amides is 1. The van der Waals surface area contributed by atoms with Crippen LogP contribution in [-0.2, 0) is 19.1 Å². The predicted octanol–water partition coefficient (Wildman–Crippen LogP) is 11.1. The van der Waals surface area contributed by atoms with Gasteiger partial charge in [-0.05, 0) is 89.9 Å². The largest absolute Gasteiger partial charge is 0.480 e. The molecule has 1 unspecified atom stereocenters. The zero-order valence-electron chi connectivity index (χ0n) is 29.8. The Morgan fingerprint density at radius 2 is 1.04 bits per heavy atom. The Labute approximate surface area is 287 Å². The molecule has 0 aromatic carbocycles. The van der Waals surface area contributed by atoms with Gasteiger partial charge < -0.3 is 15.2 Å². The summed E-state index contributed by atoms with van der Waals surface area (Å²) in [4.78, 5) is 34.7. The number of carboxylic acid groups (broad SMARTS) is 1. The average Bonchev–Trinajstić information content (AvgIpc) is 3.05. The SMILES string of the molecule is CC/C=C\C/C=C\C/C=C\C/C=C\C/C=C\C/C=C\CCCCCCC(=O)OC(CCCCCC)CCCCCC(=O)NCC(=O)O. The standard InChI is InChI=1S/C41H67NO5/c1-3-5-7-9-10-11-12-13-14-15-16-17-18-19-20-21-22-23-24-25-26-27-32-36-41(46)47-38(33-29-8-6-4-2)34-30-28-31-35-39(43)42-37-40(44)45/h5,7,10-11,13-14,16-17,19-20,22-23,38H,3-4,6,8-9,12,15,18,21,24-37H2,1-2H3,(H,42,43)(H,44,45)/b7-5-,11-10-,14-13-,17-16-,20-19-,23-22-. The van der Waals surface area contributed by atoms with E-state index in [0.29, 0.717) is 19.3 Å². The monoisotopic (exact) mass is 654 g/mol. The number of carboxylic acids is 1. The third-order valence-corrected chi connectivity index (χ3v) is 7.64. The molecule has 1 amide bonds. The Hall–Kier alpha value is -3.15. The summed E-state index contributed by atoms with van der Waals surface area (Å²) in [6, 6.07) is 0. The van der Waals surface area contributed by atoms with E-state index in [1.165, 1.54) is 12.8 Å². The minimum Gasteiger partial charge on any atom is -0.480 e. The summed E-state index contributed by atoms with van der Waals surface area (Å²) < 4.78 is 5.86. The van der Waals surface area contributed by atoms with Crippen molar-refractivity contribution in [3.05, 3.63) is 72.9 Å². The number of carbonyl (C=O) groups is 3. The second-order valence-corrected chi connectivity index (χ2v) is 12.1. The summed E-state index contributed by atoms with van der Waals surface area (Å²) in [6.45, 7) is 4.01. The van der Waals surface area contributed by atoms with Gasteiger partial charge in [-0.15, -0.1) is 0 Å². The van der Waals surface area contributed by atoms with Crippen LogP contribution in [0.4, 0.5) is 0 Å². The maximum atomic E-state index is 12.5. The van der Waals surface area contributed by atoms with E-state index in [1.54, 1.807) is 0 Å². The highest BCUT2D eigenvalue weighted by Crippen LogP contribution is 2.17. The van der Waals surface area contributed by atoms with Crippen LogP contribution in [0.5, 0.6) is 0 Å². The van der Waals surface area contributed by atoms with Gasteiger partial charge >= 0.3 is 11.9 Å². The van der Waals surface area contributed by atoms with Crippen molar-refractivity contribution < 1.29 is 24.2 Å². The predicted molar refractivity (Wildman–Crippen MR) is 198 cm³/mol. The van der Waals surface area contributed by atoms with Gasteiger partial charge in [-0.2, -0.15) is 0 Å². The molecule has 0 saturated carbocycles. The quantitative estimate of drug-likeness (QED) is 0.0428. The van der Waals surface area contributed by atoms with E-state index in [0.717, 1.165) is 109 Å². The van der Waals surface area contributed by atoms with Crippen LogP contribution in [0, 0.1) is 0 Å². The average molecular weight is 654 g/mol. The van der Waals surface area contributed by atoms with Gasteiger partial charge in [0, 0.05) is 12.8 Å². The van der Waals surface area contributed by atoms with Gasteiger partial charge in [0.25, 0.3) is 0 Å². The van der Waals surface area contributed by atoms with Crippen LogP contribution in [0.3, 0.4) is 0 Å². The smallest absolute Gasteiger partial charge is 0.322 e. The van der Waals surface area contributed by atoms with Crippen LogP contribution in [0.2, 0.25) is 0 Å². The van der Waals surface area contributed by atoms with Crippen LogP contribution >= 0.6 is 0 Å². The zero-order valence-corrected chi connectivity index (χ0v) is 29.8. The molecule has 6 heteroatoms. The number of esters is 1. The molecule has 0 aromatic heterocycles. The number of carbonyl (C=O) groups excluding carboxylic acids is 2. The van der Waals surface area contributed by atoms with Gasteiger partial charge in [0.05, 0.1) is 0 Å². The van der Waals surface area contributed by atoms with E-state index < -0.39 is 5.97 Å². The fourth-order valence-corrected chi connectivity index (χ4v) is 4.93. The summed E-state index contributed by atoms with van der Waals surface area (Å²) in [6.07, 6.45) is 47.6. The van der Waals surface area contributed by atoms with E-state index in [9.17, 15) is 14.4 Å². The maximum Gasteiger partial charge on any atom is 0.322 e. The van der Waals surface area contributed by atoms with E-state index >= 15 is 0 Å². The first-order valence-electron chi connectivity index (χ1n) is 18.6. The molecular formula is C41H67NO5. The third-order valence-electron chi connectivity index (χ3n) is 7.64. The molecule has 6 nitrogen and oxygen atoms in total. The molecule has 0 aliphatic heterocycles. The molecule has 0 radical (unpaired) electrons. The van der Waals surface area contributed by atoms with E-state index in [-0.39, 0.29) is 24.5 Å². The van der Waals surface area contributed by atoms with Crippen molar-refractivity contribution in [2.24, 2.45) is 0 Å². The molecule has 0 heterocycles. The third kappa shape index (κ3) is 35.5. The first-order valence-corrected chi connectivity index (χ1v) is 18.6. The summed E-state index contributed by atoms with van der Waals surface area (Å²) in [5.74, 6) is -1.35. The minimum atomic E-state index is -1.04. The van der Waals surface area contributed by atoms with Crippen molar-refractivity contribution in [1.29, 1.82) is 0 Å². The maximum absolute atomic E-state index is 12.5. The number of allylic oxidation sites excluding steroid dienone is 12. The molecule has 0 aromatic rings. The van der Waals surface area contributed by atoms with Gasteiger partial charge in [0.2, 0.25) is 5.91 Å². The number of hydrogen-bond acceptors (Lipinski definition) is 4. The second-order valence-electron chi connectivity index (χ2n) is 12.1. The van der Waals surface area contributed by atoms with Crippen LogP contribution in [0.1, 0.15) is 155 Å². The number of aliphatic carboxylic acids is 1. The Bertz CT molecular complexity index is 943. The normalized spacial score (nSPS) is 12.9. The van der Waals surface area contributed by atoms with Crippen molar-refractivity contribution in [1.82, 2.24) is 5.32 Å². The fraction of sp³-hybridized carbons (Fsp3) is 0.634. The highest BCUT2D eigenvalue weighted by Gasteiger charge is 2.14. The van der Waals surface area contributed by atoms with Gasteiger partial charge in [-0.1, -0.05) is 125 Å². The molecule has 47 heavy (non-hydrogen) atoms. The molecule has 1 atom stereocenters. The molecule has 0 aliphatic carbocycles. The van der Waals surface area contributed by atoms with Gasteiger partial charge in [0.1, 0.15) is 12.6 Å². The molecule has 2 N–H and O–H groups in total. The first-order chi connectivity index (χ1) is 23.0.